The van der Waals surface area contributed by atoms with E-state index in [-0.39, 0.29) is 13.0 Å². The number of aldehydes is 1. The fraction of sp³-hybridized carbons (Fsp3) is 0.526. The van der Waals surface area contributed by atoms with E-state index in [1.165, 1.54) is 0 Å². The van der Waals surface area contributed by atoms with Crippen molar-refractivity contribution in [3.05, 3.63) is 35.4 Å². The van der Waals surface area contributed by atoms with Crippen LogP contribution in [0.15, 0.2) is 24.3 Å². The zero-order valence-electron chi connectivity index (χ0n) is 15.4. The molecule has 0 bridgehead atoms. The summed E-state index contributed by atoms with van der Waals surface area (Å²) >= 11 is 0. The minimum atomic E-state index is -0.850. The summed E-state index contributed by atoms with van der Waals surface area (Å²) in [6.45, 7) is 5.25. The first-order valence-corrected chi connectivity index (χ1v) is 9.08. The van der Waals surface area contributed by atoms with Crippen LogP contribution in [0.5, 0.6) is 0 Å². The van der Waals surface area contributed by atoms with Crippen LogP contribution in [0.1, 0.15) is 11.1 Å². The normalized spacial score (nSPS) is 17.6. The summed E-state index contributed by atoms with van der Waals surface area (Å²) in [6, 6.07) is 7.52. The number of benzene rings is 1. The molecule has 2 rings (SSSR count). The van der Waals surface area contributed by atoms with Crippen LogP contribution >= 0.6 is 0 Å². The summed E-state index contributed by atoms with van der Waals surface area (Å²) in [5, 5.41) is 17.9. The molecule has 1 aromatic carbocycles. The lowest BCUT2D eigenvalue weighted by atomic mass is 10.1. The van der Waals surface area contributed by atoms with E-state index in [1.54, 1.807) is 0 Å². The monoisotopic (exact) mass is 377 g/mol. The molecule has 1 heterocycles. The summed E-state index contributed by atoms with van der Waals surface area (Å²) in [6.07, 6.45) is 0.889. The average Bonchev–Trinajstić information content (AvgIpc) is 2.69. The van der Waals surface area contributed by atoms with Crippen LogP contribution in [0.3, 0.4) is 0 Å². The van der Waals surface area contributed by atoms with E-state index >= 15 is 0 Å². The van der Waals surface area contributed by atoms with Gasteiger partial charge in [-0.3, -0.25) is 24.3 Å². The molecule has 2 N–H and O–H groups in total. The zero-order valence-corrected chi connectivity index (χ0v) is 15.4. The molecular weight excluding hydrogens is 350 g/mol. The van der Waals surface area contributed by atoms with E-state index in [1.807, 2.05) is 34.1 Å². The van der Waals surface area contributed by atoms with Crippen molar-refractivity contribution in [2.45, 2.75) is 13.0 Å². The van der Waals surface area contributed by atoms with Crippen molar-refractivity contribution >= 4 is 18.2 Å². The van der Waals surface area contributed by atoms with Crippen molar-refractivity contribution in [1.29, 1.82) is 0 Å². The fourth-order valence-electron chi connectivity index (χ4n) is 3.17. The third-order valence-corrected chi connectivity index (χ3v) is 4.67. The Balaban J connectivity index is 2.01. The maximum atomic E-state index is 11.1. The number of rotatable bonds is 8. The Bertz CT molecular complexity index is 635. The smallest absolute Gasteiger partial charge is 0.317 e. The summed E-state index contributed by atoms with van der Waals surface area (Å²) in [4.78, 5) is 38.9. The third-order valence-electron chi connectivity index (χ3n) is 4.67. The number of hydrogen-bond acceptors (Lipinski definition) is 6. The van der Waals surface area contributed by atoms with Crippen LogP contribution in [0.4, 0.5) is 0 Å². The molecule has 0 atom stereocenters. The molecule has 27 heavy (non-hydrogen) atoms. The predicted molar refractivity (Wildman–Crippen MR) is 99.6 cm³/mol. The Morgan fingerprint density at radius 1 is 0.815 bits per heavy atom. The van der Waals surface area contributed by atoms with Gasteiger partial charge in [-0.05, 0) is 11.1 Å². The lowest BCUT2D eigenvalue weighted by molar-refractivity contribution is -0.138. The second-order valence-corrected chi connectivity index (χ2v) is 6.80. The quantitative estimate of drug-likeness (QED) is 0.612. The Morgan fingerprint density at radius 2 is 1.33 bits per heavy atom. The van der Waals surface area contributed by atoms with Crippen LogP contribution in [0.25, 0.3) is 0 Å². The van der Waals surface area contributed by atoms with Crippen molar-refractivity contribution in [2.24, 2.45) is 0 Å². The van der Waals surface area contributed by atoms with Gasteiger partial charge in [0.25, 0.3) is 0 Å². The highest BCUT2D eigenvalue weighted by Crippen LogP contribution is 2.10. The molecule has 1 fully saturated rings. The molecule has 148 valence electrons. The van der Waals surface area contributed by atoms with Gasteiger partial charge in [0, 0.05) is 45.8 Å². The highest BCUT2D eigenvalue weighted by molar-refractivity contribution is 5.70. The molecule has 1 aliphatic heterocycles. The van der Waals surface area contributed by atoms with Crippen LogP contribution in [0, 0.1) is 0 Å². The van der Waals surface area contributed by atoms with Gasteiger partial charge in [0.15, 0.2) is 0 Å². The maximum absolute atomic E-state index is 11.1. The van der Waals surface area contributed by atoms with Gasteiger partial charge in [0.05, 0.1) is 19.5 Å². The van der Waals surface area contributed by atoms with Crippen molar-refractivity contribution in [1.82, 2.24) is 14.7 Å². The van der Waals surface area contributed by atoms with Crippen LogP contribution in [-0.4, -0.2) is 95.5 Å². The van der Waals surface area contributed by atoms with Gasteiger partial charge in [-0.15, -0.1) is 0 Å². The molecule has 8 heteroatoms. The minimum Gasteiger partial charge on any atom is -0.481 e. The molecular formula is C19H27N3O5. The van der Waals surface area contributed by atoms with Crippen LogP contribution in [0.2, 0.25) is 0 Å². The lowest BCUT2D eigenvalue weighted by Crippen LogP contribution is -2.39. The number of aliphatic carboxylic acids is 2. The van der Waals surface area contributed by atoms with Gasteiger partial charge >= 0.3 is 11.9 Å². The molecule has 0 aliphatic carbocycles. The Labute approximate surface area is 159 Å². The number of carboxylic acids is 2. The SMILES string of the molecule is O=CCN1CCN(CC(=O)O)CCN(Cc2ccc(CC(=O)O)cc2)CC1. The molecule has 0 aromatic heterocycles. The molecule has 0 unspecified atom stereocenters. The molecule has 0 radical (unpaired) electrons. The summed E-state index contributed by atoms with van der Waals surface area (Å²) in [7, 11) is 0. The predicted octanol–water partition coefficient (Wildman–Crippen LogP) is 0.0168. The molecule has 0 amide bonds. The molecule has 8 nitrogen and oxygen atoms in total. The number of carbonyl (C=O) groups excluding carboxylic acids is 1. The van der Waals surface area contributed by atoms with E-state index in [0.717, 1.165) is 37.0 Å². The second kappa shape index (κ2) is 10.8. The molecule has 0 spiro atoms. The largest absolute Gasteiger partial charge is 0.481 e. The molecule has 1 aromatic rings. The van der Waals surface area contributed by atoms with Gasteiger partial charge in [-0.2, -0.15) is 0 Å². The summed E-state index contributed by atoms with van der Waals surface area (Å²) in [5.41, 5.74) is 1.84. The number of carbonyl (C=O) groups is 3. The van der Waals surface area contributed by atoms with Crippen LogP contribution < -0.4 is 0 Å². The Hall–Kier alpha value is -2.29. The standard InChI is InChI=1S/C19H27N3O5/c23-12-11-20-5-7-21(9-10-22(8-6-20)15-19(26)27)14-17-3-1-16(2-4-17)13-18(24)25/h1-4,12H,5-11,13-15H2,(H,24,25)(H,26,27). The van der Waals surface area contributed by atoms with Crippen molar-refractivity contribution in [2.75, 3.05) is 52.4 Å². The number of hydrogen-bond donors (Lipinski definition) is 2. The van der Waals surface area contributed by atoms with Gasteiger partial charge in [0.2, 0.25) is 0 Å². The maximum Gasteiger partial charge on any atom is 0.317 e. The van der Waals surface area contributed by atoms with Crippen molar-refractivity contribution < 1.29 is 24.6 Å². The van der Waals surface area contributed by atoms with E-state index in [2.05, 4.69) is 4.90 Å². The molecule has 1 saturated heterocycles. The minimum absolute atomic E-state index is 0.00729. The zero-order chi connectivity index (χ0) is 19.6. The van der Waals surface area contributed by atoms with E-state index in [4.69, 9.17) is 10.2 Å². The number of carboxylic acid groups (broad SMARTS) is 2. The van der Waals surface area contributed by atoms with Gasteiger partial charge in [0.1, 0.15) is 6.29 Å². The Kier molecular flexibility index (Phi) is 8.38. The first kappa shape index (κ1) is 21.0. The van der Waals surface area contributed by atoms with Crippen molar-refractivity contribution in [3.63, 3.8) is 0 Å². The van der Waals surface area contributed by atoms with Gasteiger partial charge in [-0.25, -0.2) is 0 Å². The average molecular weight is 377 g/mol. The van der Waals surface area contributed by atoms with E-state index in [0.29, 0.717) is 32.7 Å². The van der Waals surface area contributed by atoms with Gasteiger partial charge < -0.3 is 15.0 Å². The summed E-state index contributed by atoms with van der Waals surface area (Å²) in [5.74, 6) is -1.70. The van der Waals surface area contributed by atoms with E-state index in [9.17, 15) is 14.4 Å². The Morgan fingerprint density at radius 3 is 1.85 bits per heavy atom. The molecule has 1 aliphatic rings. The van der Waals surface area contributed by atoms with Gasteiger partial charge in [-0.1, -0.05) is 24.3 Å². The van der Waals surface area contributed by atoms with E-state index < -0.39 is 11.9 Å². The second-order valence-electron chi connectivity index (χ2n) is 6.80. The highest BCUT2D eigenvalue weighted by Gasteiger charge is 2.18. The first-order chi connectivity index (χ1) is 13.0. The highest BCUT2D eigenvalue weighted by atomic mass is 16.4. The van der Waals surface area contributed by atoms with Crippen molar-refractivity contribution in [3.8, 4) is 0 Å². The first-order valence-electron chi connectivity index (χ1n) is 9.08. The topological polar surface area (TPSA) is 101 Å². The molecule has 0 saturated carbocycles. The third kappa shape index (κ3) is 7.86. The lowest BCUT2D eigenvalue weighted by Gasteiger charge is -2.25. The fourth-order valence-corrected chi connectivity index (χ4v) is 3.17. The summed E-state index contributed by atoms with van der Waals surface area (Å²) < 4.78 is 0. The van der Waals surface area contributed by atoms with Crippen LogP contribution in [-0.2, 0) is 27.3 Å². The number of nitrogens with zero attached hydrogens (tertiary/aromatic N) is 3.